The Labute approximate surface area is 125 Å². The monoisotopic (exact) mass is 341 g/mol. The van der Waals surface area contributed by atoms with Gasteiger partial charge in [0.1, 0.15) is 0 Å². The number of benzene rings is 1. The molecule has 20 heavy (non-hydrogen) atoms. The molecule has 0 saturated heterocycles. The number of hydrogen-bond acceptors (Lipinski definition) is 3. The summed E-state index contributed by atoms with van der Waals surface area (Å²) in [6.07, 6.45) is 0.748. The van der Waals surface area contributed by atoms with Crippen LogP contribution < -0.4 is 5.32 Å². The predicted octanol–water partition coefficient (Wildman–Crippen LogP) is 1.50. The molecule has 0 aliphatic heterocycles. The number of rotatable bonds is 5. The Balaban J connectivity index is 1.89. The first kappa shape index (κ1) is 15.0. The fraction of sp³-hybridized carbons (Fsp3) is 0.429. The molecule has 2 rings (SSSR count). The quantitative estimate of drug-likeness (QED) is 0.757. The van der Waals surface area contributed by atoms with E-state index in [1.165, 1.54) is 0 Å². The average Bonchev–Trinajstić information content (AvgIpc) is 3.16. The maximum atomic E-state index is 11.9. The molecule has 3 unspecified atom stereocenters. The van der Waals surface area contributed by atoms with Gasteiger partial charge in [0.25, 0.3) is 0 Å². The lowest BCUT2D eigenvalue weighted by Crippen LogP contribution is -2.47. The third-order valence-corrected chi connectivity index (χ3v) is 3.96. The molecule has 3 atom stereocenters. The fourth-order valence-electron chi connectivity index (χ4n) is 2.06. The lowest BCUT2D eigenvalue weighted by atomic mass is 10.1. The van der Waals surface area contributed by atoms with Gasteiger partial charge in [0.05, 0.1) is 6.54 Å². The van der Waals surface area contributed by atoms with Crippen LogP contribution >= 0.6 is 15.9 Å². The van der Waals surface area contributed by atoms with Crippen LogP contribution in [0.25, 0.3) is 0 Å². The zero-order chi connectivity index (χ0) is 14.9. The smallest absolute Gasteiger partial charge is 0.337 e. The van der Waals surface area contributed by atoms with Gasteiger partial charge in [-0.1, -0.05) is 28.1 Å². The Hall–Kier alpha value is -1.40. The second-order valence-electron chi connectivity index (χ2n) is 5.30. The number of carbonyl (C=O) groups excluding carboxylic acids is 1. The third kappa shape index (κ3) is 3.37. The van der Waals surface area contributed by atoms with Crippen LogP contribution in [0.15, 0.2) is 28.7 Å². The molecule has 0 aromatic heterocycles. The van der Waals surface area contributed by atoms with Gasteiger partial charge in [-0.15, -0.1) is 0 Å². The molecule has 1 saturated carbocycles. The van der Waals surface area contributed by atoms with Gasteiger partial charge in [0, 0.05) is 10.4 Å². The molecular formula is C14H16BrNO4. The summed E-state index contributed by atoms with van der Waals surface area (Å²) in [4.78, 5) is 22.7. The van der Waals surface area contributed by atoms with Crippen LogP contribution in [0, 0.1) is 5.92 Å². The molecule has 0 radical (unpaired) electrons. The van der Waals surface area contributed by atoms with Crippen molar-refractivity contribution in [1.29, 1.82) is 0 Å². The fourth-order valence-corrected chi connectivity index (χ4v) is 2.47. The molecular weight excluding hydrogens is 326 g/mol. The van der Waals surface area contributed by atoms with Crippen LogP contribution in [0.5, 0.6) is 0 Å². The SMILES string of the molecule is CC(O)(CNC(=O)C1CC1c1cccc(Br)c1)C(=O)O. The lowest BCUT2D eigenvalue weighted by molar-refractivity contribution is -0.156. The normalized spacial score (nSPS) is 23.8. The van der Waals surface area contributed by atoms with Crippen molar-refractivity contribution in [1.82, 2.24) is 5.32 Å². The first-order valence-corrected chi connectivity index (χ1v) is 7.09. The lowest BCUT2D eigenvalue weighted by Gasteiger charge is -2.18. The summed E-state index contributed by atoms with van der Waals surface area (Å²) in [7, 11) is 0. The van der Waals surface area contributed by atoms with Gasteiger partial charge in [0.15, 0.2) is 5.60 Å². The molecule has 3 N–H and O–H groups in total. The summed E-state index contributed by atoms with van der Waals surface area (Å²) in [5.41, 5.74) is -0.847. The van der Waals surface area contributed by atoms with Crippen molar-refractivity contribution in [3.05, 3.63) is 34.3 Å². The minimum Gasteiger partial charge on any atom is -0.479 e. The second-order valence-corrected chi connectivity index (χ2v) is 6.22. The summed E-state index contributed by atoms with van der Waals surface area (Å²) in [5.74, 6) is -1.54. The number of nitrogens with one attached hydrogen (secondary N) is 1. The van der Waals surface area contributed by atoms with Gasteiger partial charge < -0.3 is 15.5 Å². The number of hydrogen-bond donors (Lipinski definition) is 3. The predicted molar refractivity (Wildman–Crippen MR) is 76.3 cm³/mol. The maximum absolute atomic E-state index is 11.9. The van der Waals surface area contributed by atoms with Crippen LogP contribution in [0.2, 0.25) is 0 Å². The van der Waals surface area contributed by atoms with Crippen molar-refractivity contribution in [3.8, 4) is 0 Å². The first-order chi connectivity index (χ1) is 9.31. The van der Waals surface area contributed by atoms with E-state index in [-0.39, 0.29) is 24.3 Å². The van der Waals surface area contributed by atoms with Crippen molar-refractivity contribution < 1.29 is 19.8 Å². The first-order valence-electron chi connectivity index (χ1n) is 6.30. The average molecular weight is 342 g/mol. The molecule has 5 nitrogen and oxygen atoms in total. The largest absolute Gasteiger partial charge is 0.479 e. The molecule has 6 heteroatoms. The molecule has 0 bridgehead atoms. The van der Waals surface area contributed by atoms with E-state index in [0.717, 1.165) is 23.4 Å². The Morgan fingerprint density at radius 1 is 1.50 bits per heavy atom. The van der Waals surface area contributed by atoms with Crippen molar-refractivity contribution >= 4 is 27.8 Å². The van der Waals surface area contributed by atoms with Gasteiger partial charge in [-0.05, 0) is 37.0 Å². The van der Waals surface area contributed by atoms with Gasteiger partial charge in [-0.2, -0.15) is 0 Å². The number of halogens is 1. The minimum atomic E-state index is -1.93. The molecule has 1 aliphatic carbocycles. The summed E-state index contributed by atoms with van der Waals surface area (Å²) in [6.45, 7) is 0.872. The van der Waals surface area contributed by atoms with E-state index >= 15 is 0 Å². The van der Waals surface area contributed by atoms with E-state index in [4.69, 9.17) is 5.11 Å². The number of carbonyl (C=O) groups is 2. The van der Waals surface area contributed by atoms with Crippen LogP contribution in [0.4, 0.5) is 0 Å². The van der Waals surface area contributed by atoms with Crippen molar-refractivity contribution in [3.63, 3.8) is 0 Å². The van der Waals surface area contributed by atoms with Crippen molar-refractivity contribution in [2.24, 2.45) is 5.92 Å². The summed E-state index contributed by atoms with van der Waals surface area (Å²) < 4.78 is 0.967. The number of carboxylic acids is 1. The molecule has 0 heterocycles. The molecule has 1 amide bonds. The standard InChI is InChI=1S/C14H16BrNO4/c1-14(20,13(18)19)7-16-12(17)11-6-10(11)8-3-2-4-9(15)5-8/h2-5,10-11,20H,6-7H2,1H3,(H,16,17)(H,18,19). The highest BCUT2D eigenvalue weighted by Gasteiger charge is 2.44. The third-order valence-electron chi connectivity index (χ3n) is 3.47. The van der Waals surface area contributed by atoms with Gasteiger partial charge in [-0.25, -0.2) is 4.79 Å². The zero-order valence-corrected chi connectivity index (χ0v) is 12.6. The summed E-state index contributed by atoms with van der Waals surface area (Å²) >= 11 is 3.39. The molecule has 108 valence electrons. The van der Waals surface area contributed by atoms with Crippen LogP contribution in [0.3, 0.4) is 0 Å². The van der Waals surface area contributed by atoms with Gasteiger partial charge in [0.2, 0.25) is 5.91 Å². The number of aliphatic carboxylic acids is 1. The zero-order valence-electron chi connectivity index (χ0n) is 11.0. The Morgan fingerprint density at radius 3 is 2.80 bits per heavy atom. The topological polar surface area (TPSA) is 86.6 Å². The van der Waals surface area contributed by atoms with Crippen molar-refractivity contribution in [2.45, 2.75) is 24.9 Å². The number of carboxylic acid groups (broad SMARTS) is 1. The Kier molecular flexibility index (Phi) is 4.15. The second kappa shape index (κ2) is 5.54. The number of aliphatic hydroxyl groups is 1. The van der Waals surface area contributed by atoms with Gasteiger partial charge in [-0.3, -0.25) is 4.79 Å². The van der Waals surface area contributed by atoms with Gasteiger partial charge >= 0.3 is 5.97 Å². The van der Waals surface area contributed by atoms with E-state index in [1.807, 2.05) is 24.3 Å². The van der Waals surface area contributed by atoms with E-state index in [1.54, 1.807) is 0 Å². The Bertz CT molecular complexity index is 544. The van der Waals surface area contributed by atoms with E-state index in [2.05, 4.69) is 21.2 Å². The van der Waals surface area contributed by atoms with E-state index in [9.17, 15) is 14.7 Å². The molecule has 1 aliphatic rings. The van der Waals surface area contributed by atoms with Crippen LogP contribution in [-0.4, -0.2) is 34.2 Å². The summed E-state index contributed by atoms with van der Waals surface area (Å²) in [5, 5.41) is 20.8. The van der Waals surface area contributed by atoms with Crippen LogP contribution in [-0.2, 0) is 9.59 Å². The Morgan fingerprint density at radius 2 is 2.20 bits per heavy atom. The highest BCUT2D eigenvalue weighted by Crippen LogP contribution is 2.47. The van der Waals surface area contributed by atoms with E-state index < -0.39 is 11.6 Å². The molecule has 0 spiro atoms. The molecule has 1 fully saturated rings. The van der Waals surface area contributed by atoms with Crippen LogP contribution in [0.1, 0.15) is 24.8 Å². The molecule has 1 aromatic carbocycles. The maximum Gasteiger partial charge on any atom is 0.337 e. The van der Waals surface area contributed by atoms with Crippen molar-refractivity contribution in [2.75, 3.05) is 6.54 Å². The summed E-state index contributed by atoms with van der Waals surface area (Å²) in [6, 6.07) is 7.79. The highest BCUT2D eigenvalue weighted by atomic mass is 79.9. The molecule has 1 aromatic rings. The minimum absolute atomic E-state index is 0.145. The highest BCUT2D eigenvalue weighted by molar-refractivity contribution is 9.10. The van der Waals surface area contributed by atoms with E-state index in [0.29, 0.717) is 0 Å². The number of amides is 1.